The van der Waals surface area contributed by atoms with Crippen LogP contribution in [0.3, 0.4) is 0 Å². The van der Waals surface area contributed by atoms with E-state index < -0.39 is 5.82 Å². The van der Waals surface area contributed by atoms with Crippen LogP contribution in [-0.2, 0) is 13.6 Å². The molecule has 28 heavy (non-hydrogen) atoms. The summed E-state index contributed by atoms with van der Waals surface area (Å²) in [7, 11) is 1.73. The predicted octanol–water partition coefficient (Wildman–Crippen LogP) is 3.70. The van der Waals surface area contributed by atoms with Crippen LogP contribution in [-0.4, -0.2) is 40.6 Å². The Morgan fingerprint density at radius 2 is 1.82 bits per heavy atom. The molecule has 0 radical (unpaired) electrons. The van der Waals surface area contributed by atoms with Crippen LogP contribution in [0.15, 0.2) is 41.2 Å². The highest BCUT2D eigenvalue weighted by Crippen LogP contribution is 2.26. The molecule has 5 nitrogen and oxygen atoms in total. The molecule has 1 aliphatic rings. The molecule has 0 spiro atoms. The Kier molecular flexibility index (Phi) is 5.27. The number of piperazine rings is 1. The monoisotopic (exact) mass is 420 g/mol. The average Bonchev–Trinajstić information content (AvgIpc) is 2.68. The van der Waals surface area contributed by atoms with Crippen LogP contribution in [0, 0.1) is 5.82 Å². The fraction of sp³-hybridized carbons (Fsp3) is 0.300. The summed E-state index contributed by atoms with van der Waals surface area (Å²) in [5.41, 5.74) is 3.10. The molecule has 4 rings (SSSR count). The zero-order chi connectivity index (χ0) is 19.8. The third-order valence-electron chi connectivity index (χ3n) is 5.14. The number of benzene rings is 1. The van der Waals surface area contributed by atoms with E-state index in [4.69, 9.17) is 23.2 Å². The van der Waals surface area contributed by atoms with Gasteiger partial charge < -0.3 is 9.47 Å². The summed E-state index contributed by atoms with van der Waals surface area (Å²) in [6.07, 6.45) is 0. The number of anilines is 1. The fourth-order valence-electron chi connectivity index (χ4n) is 3.57. The summed E-state index contributed by atoms with van der Waals surface area (Å²) < 4.78 is 15.2. The number of hydrogen-bond acceptors (Lipinski definition) is 4. The van der Waals surface area contributed by atoms with E-state index in [0.29, 0.717) is 11.7 Å². The van der Waals surface area contributed by atoms with Crippen molar-refractivity contribution in [3.8, 4) is 0 Å². The van der Waals surface area contributed by atoms with Gasteiger partial charge in [-0.05, 0) is 29.8 Å². The largest absolute Gasteiger partial charge is 0.367 e. The van der Waals surface area contributed by atoms with Gasteiger partial charge >= 0.3 is 0 Å². The Morgan fingerprint density at radius 1 is 1.07 bits per heavy atom. The van der Waals surface area contributed by atoms with Crippen molar-refractivity contribution in [3.63, 3.8) is 0 Å². The molecular weight excluding hydrogens is 402 g/mol. The van der Waals surface area contributed by atoms with Gasteiger partial charge in [0.25, 0.3) is 5.56 Å². The van der Waals surface area contributed by atoms with Gasteiger partial charge in [-0.15, -0.1) is 0 Å². The number of aromatic nitrogens is 2. The van der Waals surface area contributed by atoms with Gasteiger partial charge in [0.1, 0.15) is 16.5 Å². The summed E-state index contributed by atoms with van der Waals surface area (Å²) >= 11 is 11.8. The minimum Gasteiger partial charge on any atom is -0.367 e. The van der Waals surface area contributed by atoms with Crippen LogP contribution < -0.4 is 10.5 Å². The normalized spacial score (nSPS) is 15.4. The molecular formula is C20H19Cl2FN4O. The molecule has 1 aromatic carbocycles. The Bertz CT molecular complexity index is 1090. The van der Waals surface area contributed by atoms with Crippen molar-refractivity contribution in [2.75, 3.05) is 31.1 Å². The van der Waals surface area contributed by atoms with Gasteiger partial charge in [-0.2, -0.15) is 0 Å². The van der Waals surface area contributed by atoms with Gasteiger partial charge in [-0.1, -0.05) is 29.3 Å². The summed E-state index contributed by atoms with van der Waals surface area (Å²) in [5, 5.41) is 0.535. The maximum Gasteiger partial charge on any atom is 0.252 e. The molecule has 0 aliphatic carbocycles. The first-order chi connectivity index (χ1) is 13.4. The van der Waals surface area contributed by atoms with Gasteiger partial charge in [0.15, 0.2) is 0 Å². The number of hydrogen-bond donors (Lipinski definition) is 0. The zero-order valence-corrected chi connectivity index (χ0v) is 16.8. The van der Waals surface area contributed by atoms with Crippen LogP contribution in [0.5, 0.6) is 0 Å². The molecule has 146 valence electrons. The molecule has 0 bridgehead atoms. The van der Waals surface area contributed by atoms with Gasteiger partial charge in [-0.25, -0.2) is 9.37 Å². The summed E-state index contributed by atoms with van der Waals surface area (Å²) in [4.78, 5) is 21.2. The van der Waals surface area contributed by atoms with Crippen molar-refractivity contribution < 1.29 is 4.39 Å². The lowest BCUT2D eigenvalue weighted by molar-refractivity contribution is 0.249. The Labute approximate surface area is 171 Å². The van der Waals surface area contributed by atoms with Crippen molar-refractivity contribution in [2.24, 2.45) is 7.05 Å². The first kappa shape index (κ1) is 19.2. The molecule has 0 unspecified atom stereocenters. The standard InChI is InChI=1S/C20H19Cl2FN4O/c1-25-16-4-5-18(22)24-20(16)17(11-19(25)28)27-8-6-26(7-9-27)12-13-2-3-14(21)15(23)10-13/h2-5,10-11H,6-9,12H2,1H3. The van der Waals surface area contributed by atoms with Gasteiger partial charge in [-0.3, -0.25) is 9.69 Å². The van der Waals surface area contributed by atoms with E-state index in [0.717, 1.165) is 48.5 Å². The number of aryl methyl sites for hydroxylation is 1. The van der Waals surface area contributed by atoms with Crippen LogP contribution in [0.1, 0.15) is 5.56 Å². The van der Waals surface area contributed by atoms with Crippen molar-refractivity contribution in [1.29, 1.82) is 0 Å². The van der Waals surface area contributed by atoms with E-state index in [1.54, 1.807) is 29.8 Å². The highest BCUT2D eigenvalue weighted by atomic mass is 35.5. The molecule has 8 heteroatoms. The van der Waals surface area contributed by atoms with Gasteiger partial charge in [0.2, 0.25) is 0 Å². The van der Waals surface area contributed by atoms with Crippen LogP contribution >= 0.6 is 23.2 Å². The fourth-order valence-corrected chi connectivity index (χ4v) is 3.84. The van der Waals surface area contributed by atoms with Crippen LogP contribution in [0.2, 0.25) is 10.2 Å². The minimum atomic E-state index is -0.396. The molecule has 1 saturated heterocycles. The third kappa shape index (κ3) is 3.72. The van der Waals surface area contributed by atoms with Crippen molar-refractivity contribution in [1.82, 2.24) is 14.5 Å². The molecule has 2 aromatic heterocycles. The van der Waals surface area contributed by atoms with Gasteiger partial charge in [0, 0.05) is 45.8 Å². The smallest absolute Gasteiger partial charge is 0.252 e. The number of pyridine rings is 2. The Hall–Kier alpha value is -2.15. The van der Waals surface area contributed by atoms with E-state index in [2.05, 4.69) is 14.8 Å². The number of rotatable bonds is 3. The Morgan fingerprint density at radius 3 is 2.54 bits per heavy atom. The topological polar surface area (TPSA) is 41.4 Å². The van der Waals surface area contributed by atoms with E-state index >= 15 is 0 Å². The van der Waals surface area contributed by atoms with E-state index in [9.17, 15) is 9.18 Å². The molecule has 0 atom stereocenters. The lowest BCUT2D eigenvalue weighted by atomic mass is 10.1. The lowest BCUT2D eigenvalue weighted by Gasteiger charge is -2.36. The maximum atomic E-state index is 13.7. The quantitative estimate of drug-likeness (QED) is 0.605. The molecule has 0 N–H and O–H groups in total. The lowest BCUT2D eigenvalue weighted by Crippen LogP contribution is -2.46. The number of fused-ring (bicyclic) bond motifs is 1. The van der Waals surface area contributed by atoms with Crippen molar-refractivity contribution >= 4 is 39.9 Å². The van der Waals surface area contributed by atoms with E-state index in [-0.39, 0.29) is 10.6 Å². The minimum absolute atomic E-state index is 0.0781. The van der Waals surface area contributed by atoms with E-state index in [1.165, 1.54) is 6.07 Å². The molecule has 1 fully saturated rings. The summed E-state index contributed by atoms with van der Waals surface area (Å²) in [6.45, 7) is 3.73. The maximum absolute atomic E-state index is 13.7. The highest BCUT2D eigenvalue weighted by Gasteiger charge is 2.21. The SMILES string of the molecule is Cn1c(=O)cc(N2CCN(Cc3ccc(Cl)c(F)c3)CC2)c2nc(Cl)ccc21. The molecule has 1 aliphatic heterocycles. The number of halogens is 3. The first-order valence-corrected chi connectivity index (χ1v) is 9.75. The average molecular weight is 421 g/mol. The van der Waals surface area contributed by atoms with Crippen molar-refractivity contribution in [2.45, 2.75) is 6.54 Å². The molecule has 3 heterocycles. The van der Waals surface area contributed by atoms with E-state index in [1.807, 2.05) is 12.1 Å². The molecule has 3 aromatic rings. The van der Waals surface area contributed by atoms with Crippen LogP contribution in [0.25, 0.3) is 11.0 Å². The van der Waals surface area contributed by atoms with Gasteiger partial charge in [0.05, 0.1) is 16.2 Å². The summed E-state index contributed by atoms with van der Waals surface area (Å²) in [6, 6.07) is 10.0. The highest BCUT2D eigenvalue weighted by molar-refractivity contribution is 6.30. The second-order valence-electron chi connectivity index (χ2n) is 6.94. The molecule has 0 amide bonds. The zero-order valence-electron chi connectivity index (χ0n) is 15.3. The second kappa shape index (κ2) is 7.70. The number of nitrogens with zero attached hydrogens (tertiary/aromatic N) is 4. The second-order valence-corrected chi connectivity index (χ2v) is 7.73. The van der Waals surface area contributed by atoms with Crippen LogP contribution in [0.4, 0.5) is 10.1 Å². The molecule has 0 saturated carbocycles. The predicted molar refractivity (Wildman–Crippen MR) is 111 cm³/mol. The first-order valence-electron chi connectivity index (χ1n) is 9.00. The summed E-state index contributed by atoms with van der Waals surface area (Å²) in [5.74, 6) is -0.396. The van der Waals surface area contributed by atoms with Crippen molar-refractivity contribution in [3.05, 3.63) is 68.3 Å². The third-order valence-corrected chi connectivity index (χ3v) is 5.65. The Balaban J connectivity index is 1.54.